The van der Waals surface area contributed by atoms with Crippen molar-refractivity contribution in [3.05, 3.63) is 59.5 Å². The average molecular weight is 540 g/mol. The van der Waals surface area contributed by atoms with Gasteiger partial charge in [0.2, 0.25) is 5.91 Å². The van der Waals surface area contributed by atoms with E-state index in [4.69, 9.17) is 5.73 Å². The number of anilines is 1. The number of nitrogens with two attached hydrogens (primary N) is 1. The quantitative estimate of drug-likeness (QED) is 0.285. The van der Waals surface area contributed by atoms with Crippen molar-refractivity contribution in [3.63, 3.8) is 0 Å². The maximum Gasteiger partial charge on any atom is 0.220 e. The molecule has 2 aromatic rings. The SMILES string of the molecule is CN=C(NCCc1ccc(F)cc1)NCc1cccnc1N1CCC(C(N)=O)CC1.I. The van der Waals surface area contributed by atoms with Crippen molar-refractivity contribution in [2.75, 3.05) is 31.6 Å². The molecule has 2 heterocycles. The van der Waals surface area contributed by atoms with E-state index in [0.717, 1.165) is 49.3 Å². The van der Waals surface area contributed by atoms with Gasteiger partial charge in [-0.25, -0.2) is 9.37 Å². The van der Waals surface area contributed by atoms with Crippen LogP contribution in [0.25, 0.3) is 0 Å². The number of carbonyl (C=O) groups excluding carboxylic acids is 1. The van der Waals surface area contributed by atoms with Gasteiger partial charge in [-0.2, -0.15) is 0 Å². The Hall–Kier alpha value is -2.43. The number of primary amides is 1. The standard InChI is InChI=1S/C22H29FN6O.HI/c1-25-22(27-12-8-16-4-6-19(23)7-5-16)28-15-18-3-2-11-26-21(18)29-13-9-17(10-14-29)20(24)30;/h2-7,11,17H,8-10,12-15H2,1H3,(H2,24,30)(H2,25,27,28);1H. The van der Waals surface area contributed by atoms with Crippen LogP contribution >= 0.6 is 24.0 Å². The average Bonchev–Trinajstić information content (AvgIpc) is 2.77. The van der Waals surface area contributed by atoms with Crippen LogP contribution in [0.1, 0.15) is 24.0 Å². The van der Waals surface area contributed by atoms with Gasteiger partial charge in [0.25, 0.3) is 0 Å². The molecule has 1 saturated heterocycles. The van der Waals surface area contributed by atoms with Crippen molar-refractivity contribution < 1.29 is 9.18 Å². The lowest BCUT2D eigenvalue weighted by molar-refractivity contribution is -0.122. The first kappa shape index (κ1) is 24.8. The van der Waals surface area contributed by atoms with Crippen molar-refractivity contribution in [2.24, 2.45) is 16.6 Å². The Morgan fingerprint density at radius 1 is 1.23 bits per heavy atom. The van der Waals surface area contributed by atoms with Crippen molar-refractivity contribution in [1.82, 2.24) is 15.6 Å². The highest BCUT2D eigenvalue weighted by atomic mass is 127. The molecule has 1 aliphatic rings. The lowest BCUT2D eigenvalue weighted by atomic mass is 9.96. The Labute approximate surface area is 199 Å². The van der Waals surface area contributed by atoms with Gasteiger partial charge in [-0.3, -0.25) is 9.79 Å². The molecular weight excluding hydrogens is 510 g/mol. The number of hydrogen-bond acceptors (Lipinski definition) is 4. The zero-order chi connectivity index (χ0) is 21.3. The molecule has 31 heavy (non-hydrogen) atoms. The van der Waals surface area contributed by atoms with Crippen LogP contribution in [0.4, 0.5) is 10.2 Å². The Morgan fingerprint density at radius 2 is 1.94 bits per heavy atom. The van der Waals surface area contributed by atoms with Crippen molar-refractivity contribution >= 4 is 41.7 Å². The summed E-state index contributed by atoms with van der Waals surface area (Å²) in [4.78, 5) is 22.5. The molecule has 1 aromatic heterocycles. The molecular formula is C22H30FIN6O. The number of rotatable bonds is 7. The van der Waals surface area contributed by atoms with Gasteiger partial charge in [-0.1, -0.05) is 18.2 Å². The van der Waals surface area contributed by atoms with Gasteiger partial charge in [-0.15, -0.1) is 24.0 Å². The molecule has 0 radical (unpaired) electrons. The Morgan fingerprint density at radius 3 is 2.58 bits per heavy atom. The summed E-state index contributed by atoms with van der Waals surface area (Å²) < 4.78 is 13.0. The van der Waals surface area contributed by atoms with Crippen LogP contribution in [0.5, 0.6) is 0 Å². The molecule has 9 heteroatoms. The minimum atomic E-state index is -0.227. The molecule has 1 amide bonds. The molecule has 1 fully saturated rings. The van der Waals surface area contributed by atoms with Crippen LogP contribution in [-0.2, 0) is 17.8 Å². The molecule has 0 spiro atoms. The van der Waals surface area contributed by atoms with Crippen molar-refractivity contribution in [1.29, 1.82) is 0 Å². The van der Waals surface area contributed by atoms with Crippen molar-refractivity contribution in [3.8, 4) is 0 Å². The smallest absolute Gasteiger partial charge is 0.220 e. The van der Waals surface area contributed by atoms with E-state index < -0.39 is 0 Å². The van der Waals surface area contributed by atoms with E-state index in [1.165, 1.54) is 12.1 Å². The summed E-state index contributed by atoms with van der Waals surface area (Å²) in [5, 5.41) is 6.61. The fraction of sp³-hybridized carbons (Fsp3) is 0.409. The lowest BCUT2D eigenvalue weighted by Crippen LogP contribution is -2.40. The zero-order valence-electron chi connectivity index (χ0n) is 17.7. The molecule has 1 aliphatic heterocycles. The molecule has 4 N–H and O–H groups in total. The minimum Gasteiger partial charge on any atom is -0.369 e. The first-order chi connectivity index (χ1) is 14.6. The predicted octanol–water partition coefficient (Wildman–Crippen LogP) is 2.45. The summed E-state index contributed by atoms with van der Waals surface area (Å²) in [5.74, 6) is 1.13. The molecule has 168 valence electrons. The summed E-state index contributed by atoms with van der Waals surface area (Å²) >= 11 is 0. The van der Waals surface area contributed by atoms with Gasteiger partial charge >= 0.3 is 0 Å². The largest absolute Gasteiger partial charge is 0.369 e. The van der Waals surface area contributed by atoms with E-state index in [0.29, 0.717) is 19.0 Å². The normalized spacial score (nSPS) is 14.6. The second-order valence-corrected chi connectivity index (χ2v) is 7.38. The summed E-state index contributed by atoms with van der Waals surface area (Å²) in [6, 6.07) is 10.5. The number of nitrogens with zero attached hydrogens (tertiary/aromatic N) is 3. The lowest BCUT2D eigenvalue weighted by Gasteiger charge is -2.32. The van der Waals surface area contributed by atoms with Gasteiger partial charge in [0.05, 0.1) is 0 Å². The fourth-order valence-electron chi connectivity index (χ4n) is 3.60. The van der Waals surface area contributed by atoms with E-state index >= 15 is 0 Å². The van der Waals surface area contributed by atoms with Crippen LogP contribution in [0, 0.1) is 11.7 Å². The van der Waals surface area contributed by atoms with Gasteiger partial charge in [0.15, 0.2) is 5.96 Å². The van der Waals surface area contributed by atoms with E-state index in [2.05, 4.69) is 25.5 Å². The Bertz CT molecular complexity index is 869. The number of aliphatic imine (C=N–C) groups is 1. The van der Waals surface area contributed by atoms with Gasteiger partial charge in [0, 0.05) is 50.9 Å². The van der Waals surface area contributed by atoms with Crippen LogP contribution in [0.15, 0.2) is 47.6 Å². The Kier molecular flexibility index (Phi) is 9.96. The molecule has 3 rings (SSSR count). The predicted molar refractivity (Wildman–Crippen MR) is 132 cm³/mol. The summed E-state index contributed by atoms with van der Waals surface area (Å²) in [5.41, 5.74) is 7.57. The second-order valence-electron chi connectivity index (χ2n) is 7.38. The third-order valence-electron chi connectivity index (χ3n) is 5.35. The number of amides is 1. The maximum absolute atomic E-state index is 13.0. The number of hydrogen-bond donors (Lipinski definition) is 3. The molecule has 0 unspecified atom stereocenters. The number of aromatic nitrogens is 1. The zero-order valence-corrected chi connectivity index (χ0v) is 20.0. The number of nitrogens with one attached hydrogen (secondary N) is 2. The molecule has 0 atom stereocenters. The highest BCUT2D eigenvalue weighted by Crippen LogP contribution is 2.24. The second kappa shape index (κ2) is 12.4. The number of pyridine rings is 1. The fourth-order valence-corrected chi connectivity index (χ4v) is 3.60. The van der Waals surface area contributed by atoms with Crippen LogP contribution in [0.2, 0.25) is 0 Å². The van der Waals surface area contributed by atoms with Crippen LogP contribution in [-0.4, -0.2) is 43.5 Å². The topological polar surface area (TPSA) is 95.6 Å². The molecule has 0 saturated carbocycles. The van der Waals surface area contributed by atoms with E-state index in [9.17, 15) is 9.18 Å². The van der Waals surface area contributed by atoms with E-state index in [1.54, 1.807) is 25.4 Å². The maximum atomic E-state index is 13.0. The minimum absolute atomic E-state index is 0. The highest BCUT2D eigenvalue weighted by Gasteiger charge is 2.24. The molecule has 1 aromatic carbocycles. The summed E-state index contributed by atoms with van der Waals surface area (Å²) in [7, 11) is 1.73. The van der Waals surface area contributed by atoms with Crippen molar-refractivity contribution in [2.45, 2.75) is 25.8 Å². The monoisotopic (exact) mass is 540 g/mol. The van der Waals surface area contributed by atoms with Gasteiger partial charge in [-0.05, 0) is 43.0 Å². The number of carbonyl (C=O) groups is 1. The van der Waals surface area contributed by atoms with Gasteiger partial charge in [0.1, 0.15) is 11.6 Å². The first-order valence-electron chi connectivity index (χ1n) is 10.2. The van der Waals surface area contributed by atoms with Gasteiger partial charge < -0.3 is 21.3 Å². The Balaban J connectivity index is 0.00000341. The van der Waals surface area contributed by atoms with Crippen LogP contribution in [0.3, 0.4) is 0 Å². The number of piperidine rings is 1. The summed E-state index contributed by atoms with van der Waals surface area (Å²) in [6.45, 7) is 2.80. The van der Waals surface area contributed by atoms with E-state index in [1.807, 2.05) is 12.1 Å². The molecule has 0 bridgehead atoms. The third kappa shape index (κ3) is 7.34. The number of benzene rings is 1. The summed E-state index contributed by atoms with van der Waals surface area (Å²) in [6.07, 6.45) is 4.07. The van der Waals surface area contributed by atoms with E-state index in [-0.39, 0.29) is 41.6 Å². The number of guanidine groups is 1. The highest BCUT2D eigenvalue weighted by molar-refractivity contribution is 14.0. The van der Waals surface area contributed by atoms with Crippen LogP contribution < -0.4 is 21.3 Å². The first-order valence-corrected chi connectivity index (χ1v) is 10.2. The number of halogens is 2. The third-order valence-corrected chi connectivity index (χ3v) is 5.35. The molecule has 0 aliphatic carbocycles. The molecule has 7 nitrogen and oxygen atoms in total.